The van der Waals surface area contributed by atoms with E-state index < -0.39 is 18.2 Å². The number of carbonyl (C=O) groups excluding carboxylic acids is 2. The molecule has 1 aliphatic rings. The summed E-state index contributed by atoms with van der Waals surface area (Å²) in [5.74, 6) is -0.445. The van der Waals surface area contributed by atoms with Crippen LogP contribution < -0.4 is 0 Å². The molecular formula is C19H18O5. The molecule has 0 aromatic heterocycles. The number of ether oxygens (including phenoxy) is 3. The third-order valence-electron chi connectivity index (χ3n) is 3.77. The molecule has 5 nitrogen and oxygen atoms in total. The summed E-state index contributed by atoms with van der Waals surface area (Å²) in [6.07, 6.45) is -0.441. The van der Waals surface area contributed by atoms with E-state index >= 15 is 0 Å². The number of esters is 1. The monoisotopic (exact) mass is 326 g/mol. The van der Waals surface area contributed by atoms with Crippen LogP contribution in [0, 0.1) is 6.92 Å². The lowest BCUT2D eigenvalue weighted by atomic mass is 10.0. The second-order valence-electron chi connectivity index (χ2n) is 5.76. The zero-order chi connectivity index (χ0) is 16.9. The smallest absolute Gasteiger partial charge is 0.458 e. The van der Waals surface area contributed by atoms with Crippen molar-refractivity contribution in [2.24, 2.45) is 0 Å². The Kier molecular flexibility index (Phi) is 4.79. The molecule has 24 heavy (non-hydrogen) atoms. The van der Waals surface area contributed by atoms with E-state index in [1.54, 1.807) is 12.1 Å². The van der Waals surface area contributed by atoms with Crippen LogP contribution in [0.5, 0.6) is 0 Å². The maximum atomic E-state index is 12.0. The molecule has 1 unspecified atom stereocenters. The van der Waals surface area contributed by atoms with E-state index in [-0.39, 0.29) is 13.2 Å². The van der Waals surface area contributed by atoms with Crippen molar-refractivity contribution >= 4 is 12.1 Å². The fraction of sp³-hybridized carbons (Fsp3) is 0.263. The number of carbonyl (C=O) groups is 2. The van der Waals surface area contributed by atoms with Crippen molar-refractivity contribution in [1.82, 2.24) is 0 Å². The molecule has 0 radical (unpaired) electrons. The molecule has 0 amide bonds. The van der Waals surface area contributed by atoms with Gasteiger partial charge in [-0.05, 0) is 36.6 Å². The van der Waals surface area contributed by atoms with Gasteiger partial charge in [0.05, 0.1) is 5.56 Å². The summed E-state index contributed by atoms with van der Waals surface area (Å²) in [5.41, 5.74) is 4.04. The molecule has 0 N–H and O–H groups in total. The first-order valence-electron chi connectivity index (χ1n) is 7.75. The summed E-state index contributed by atoms with van der Waals surface area (Å²) in [5, 5.41) is 0. The Morgan fingerprint density at radius 3 is 2.29 bits per heavy atom. The minimum absolute atomic E-state index is 0.00427. The molecule has 1 aliphatic heterocycles. The quantitative estimate of drug-likeness (QED) is 0.789. The van der Waals surface area contributed by atoms with Crippen molar-refractivity contribution in [3.63, 3.8) is 0 Å². The second-order valence-corrected chi connectivity index (χ2v) is 5.76. The van der Waals surface area contributed by atoms with Crippen molar-refractivity contribution in [3.05, 3.63) is 70.8 Å². The van der Waals surface area contributed by atoms with E-state index in [9.17, 15) is 9.59 Å². The molecule has 2 aromatic carbocycles. The lowest BCUT2D eigenvalue weighted by Gasteiger charge is -2.08. The van der Waals surface area contributed by atoms with Gasteiger partial charge < -0.3 is 14.2 Å². The summed E-state index contributed by atoms with van der Waals surface area (Å²) < 4.78 is 14.6. The van der Waals surface area contributed by atoms with E-state index in [1.165, 1.54) is 11.1 Å². The Hall–Kier alpha value is -2.82. The van der Waals surface area contributed by atoms with Gasteiger partial charge in [-0.15, -0.1) is 0 Å². The van der Waals surface area contributed by atoms with E-state index in [0.29, 0.717) is 5.56 Å². The van der Waals surface area contributed by atoms with Crippen LogP contribution in [0.3, 0.4) is 0 Å². The van der Waals surface area contributed by atoms with Crippen molar-refractivity contribution in [2.45, 2.75) is 19.4 Å². The zero-order valence-electron chi connectivity index (χ0n) is 13.4. The Labute approximate surface area is 140 Å². The average Bonchev–Trinajstić information content (AvgIpc) is 3.01. The minimum Gasteiger partial charge on any atom is -0.458 e. The van der Waals surface area contributed by atoms with Gasteiger partial charge in [0.25, 0.3) is 0 Å². The van der Waals surface area contributed by atoms with Crippen LogP contribution in [0.25, 0.3) is 0 Å². The van der Waals surface area contributed by atoms with Gasteiger partial charge in [0, 0.05) is 0 Å². The van der Waals surface area contributed by atoms with Gasteiger partial charge in [0.15, 0.2) is 6.10 Å². The normalized spacial score (nSPS) is 16.4. The minimum atomic E-state index is -0.725. The molecule has 1 saturated heterocycles. The van der Waals surface area contributed by atoms with Gasteiger partial charge in [-0.3, -0.25) is 0 Å². The van der Waals surface area contributed by atoms with Crippen LogP contribution in [0.2, 0.25) is 0 Å². The van der Waals surface area contributed by atoms with Crippen LogP contribution in [-0.4, -0.2) is 31.4 Å². The van der Waals surface area contributed by atoms with E-state index in [2.05, 4.69) is 35.9 Å². The maximum absolute atomic E-state index is 12.0. The SMILES string of the molecule is Cc1ccc(Cc2ccc(C(=O)OCC3COC(=O)O3)cc2)cc1. The highest BCUT2D eigenvalue weighted by atomic mass is 16.8. The topological polar surface area (TPSA) is 61.8 Å². The number of hydrogen-bond donors (Lipinski definition) is 0. The van der Waals surface area contributed by atoms with Gasteiger partial charge >= 0.3 is 12.1 Å². The highest BCUT2D eigenvalue weighted by molar-refractivity contribution is 5.89. The molecule has 124 valence electrons. The number of rotatable bonds is 5. The molecule has 0 aliphatic carbocycles. The maximum Gasteiger partial charge on any atom is 0.508 e. The van der Waals surface area contributed by atoms with Crippen LogP contribution >= 0.6 is 0 Å². The Morgan fingerprint density at radius 2 is 1.71 bits per heavy atom. The first-order chi connectivity index (χ1) is 11.6. The summed E-state index contributed by atoms with van der Waals surface area (Å²) in [6, 6.07) is 15.7. The largest absolute Gasteiger partial charge is 0.508 e. The molecule has 2 aromatic rings. The third kappa shape index (κ3) is 4.13. The molecule has 0 saturated carbocycles. The van der Waals surface area contributed by atoms with E-state index in [0.717, 1.165) is 12.0 Å². The van der Waals surface area contributed by atoms with Crippen LogP contribution in [0.15, 0.2) is 48.5 Å². The number of benzene rings is 2. The average molecular weight is 326 g/mol. The number of aryl methyl sites for hydroxylation is 1. The number of cyclic esters (lactones) is 2. The molecule has 1 atom stereocenters. The first-order valence-corrected chi connectivity index (χ1v) is 7.75. The summed E-state index contributed by atoms with van der Waals surface area (Å²) in [4.78, 5) is 22.8. The van der Waals surface area contributed by atoms with Crippen molar-refractivity contribution < 1.29 is 23.8 Å². The summed E-state index contributed by atoms with van der Waals surface area (Å²) in [6.45, 7) is 2.17. The summed E-state index contributed by atoms with van der Waals surface area (Å²) >= 11 is 0. The third-order valence-corrected chi connectivity index (χ3v) is 3.77. The van der Waals surface area contributed by atoms with Crippen molar-refractivity contribution in [3.8, 4) is 0 Å². The van der Waals surface area contributed by atoms with Crippen molar-refractivity contribution in [1.29, 1.82) is 0 Å². The van der Waals surface area contributed by atoms with Gasteiger partial charge in [-0.1, -0.05) is 42.0 Å². The highest BCUT2D eigenvalue weighted by Gasteiger charge is 2.26. The Bertz CT molecular complexity index is 718. The summed E-state index contributed by atoms with van der Waals surface area (Å²) in [7, 11) is 0. The fourth-order valence-electron chi connectivity index (χ4n) is 2.40. The standard InChI is InChI=1S/C19H18O5/c1-13-2-4-14(5-3-13)10-15-6-8-16(9-7-15)18(20)22-11-17-12-23-19(21)24-17/h2-9,17H,10-12H2,1H3. The van der Waals surface area contributed by atoms with E-state index in [1.807, 2.05) is 12.1 Å². The molecule has 0 bridgehead atoms. The molecule has 0 spiro atoms. The van der Waals surface area contributed by atoms with Gasteiger partial charge in [0.1, 0.15) is 13.2 Å². The van der Waals surface area contributed by atoms with Crippen LogP contribution in [-0.2, 0) is 20.6 Å². The molecule has 1 fully saturated rings. The van der Waals surface area contributed by atoms with Crippen LogP contribution in [0.4, 0.5) is 4.79 Å². The Morgan fingerprint density at radius 1 is 1.08 bits per heavy atom. The fourth-order valence-corrected chi connectivity index (χ4v) is 2.40. The predicted molar refractivity (Wildman–Crippen MR) is 86.9 cm³/mol. The zero-order valence-corrected chi connectivity index (χ0v) is 13.4. The first kappa shape index (κ1) is 16.1. The van der Waals surface area contributed by atoms with Gasteiger partial charge in [0.2, 0.25) is 0 Å². The van der Waals surface area contributed by atoms with Gasteiger partial charge in [-0.25, -0.2) is 9.59 Å². The molecule has 1 heterocycles. The van der Waals surface area contributed by atoms with Gasteiger partial charge in [-0.2, -0.15) is 0 Å². The number of hydrogen-bond acceptors (Lipinski definition) is 5. The molecule has 5 heteroatoms. The second kappa shape index (κ2) is 7.17. The molecule has 3 rings (SSSR count). The highest BCUT2D eigenvalue weighted by Crippen LogP contribution is 2.13. The van der Waals surface area contributed by atoms with Crippen LogP contribution in [0.1, 0.15) is 27.0 Å². The lowest BCUT2D eigenvalue weighted by Crippen LogP contribution is -2.20. The van der Waals surface area contributed by atoms with Crippen molar-refractivity contribution in [2.75, 3.05) is 13.2 Å². The predicted octanol–water partition coefficient (Wildman–Crippen LogP) is 3.28. The Balaban J connectivity index is 1.54. The molecular weight excluding hydrogens is 308 g/mol. The van der Waals surface area contributed by atoms with E-state index in [4.69, 9.17) is 9.47 Å². The lowest BCUT2D eigenvalue weighted by molar-refractivity contribution is 0.0300.